The van der Waals surface area contributed by atoms with Crippen molar-refractivity contribution in [3.63, 3.8) is 0 Å². The summed E-state index contributed by atoms with van der Waals surface area (Å²) >= 11 is 0. The van der Waals surface area contributed by atoms with Gasteiger partial charge in [-0.25, -0.2) is 8.78 Å². The molecule has 0 aromatic heterocycles. The Hall–Kier alpha value is -1.00. The SMILES string of the molecule is Fc1ccc(F)c(CNCC2CCC3(CCCCC3)O2)c1. The van der Waals surface area contributed by atoms with E-state index in [2.05, 4.69) is 5.32 Å². The van der Waals surface area contributed by atoms with E-state index < -0.39 is 5.82 Å². The maximum absolute atomic E-state index is 13.5. The topological polar surface area (TPSA) is 21.3 Å². The maximum Gasteiger partial charge on any atom is 0.127 e. The zero-order valence-corrected chi connectivity index (χ0v) is 12.3. The van der Waals surface area contributed by atoms with Gasteiger partial charge >= 0.3 is 0 Å². The van der Waals surface area contributed by atoms with E-state index in [1.165, 1.54) is 44.2 Å². The number of rotatable bonds is 4. The van der Waals surface area contributed by atoms with Gasteiger partial charge in [0, 0.05) is 18.7 Å². The van der Waals surface area contributed by atoms with E-state index in [1.54, 1.807) is 0 Å². The molecule has 116 valence electrons. The van der Waals surface area contributed by atoms with Crippen LogP contribution in [-0.4, -0.2) is 18.2 Å². The molecule has 1 aliphatic carbocycles. The van der Waals surface area contributed by atoms with E-state index in [4.69, 9.17) is 4.74 Å². The molecular weight excluding hydrogens is 272 g/mol. The summed E-state index contributed by atoms with van der Waals surface area (Å²) in [7, 11) is 0. The fourth-order valence-corrected chi connectivity index (χ4v) is 3.65. The summed E-state index contributed by atoms with van der Waals surface area (Å²) in [6.45, 7) is 1.05. The van der Waals surface area contributed by atoms with Crippen molar-refractivity contribution in [3.8, 4) is 0 Å². The van der Waals surface area contributed by atoms with E-state index in [-0.39, 0.29) is 17.5 Å². The first-order chi connectivity index (χ1) is 10.2. The molecule has 21 heavy (non-hydrogen) atoms. The van der Waals surface area contributed by atoms with Crippen molar-refractivity contribution < 1.29 is 13.5 Å². The Bertz CT molecular complexity index is 486. The molecule has 1 spiro atoms. The number of benzene rings is 1. The number of ether oxygens (including phenoxy) is 1. The molecule has 1 aromatic carbocycles. The average molecular weight is 295 g/mol. The van der Waals surface area contributed by atoms with Crippen molar-refractivity contribution >= 4 is 0 Å². The standard InChI is InChI=1S/C17H23F2NO/c18-14-4-5-16(19)13(10-14)11-20-12-15-6-9-17(21-15)7-2-1-3-8-17/h4-5,10,15,20H,1-3,6-9,11-12H2. The highest BCUT2D eigenvalue weighted by Gasteiger charge is 2.40. The van der Waals surface area contributed by atoms with Crippen LogP contribution in [0.5, 0.6) is 0 Å². The number of halogens is 2. The number of nitrogens with one attached hydrogen (secondary N) is 1. The first-order valence-corrected chi connectivity index (χ1v) is 7.99. The Morgan fingerprint density at radius 1 is 1.14 bits per heavy atom. The highest BCUT2D eigenvalue weighted by molar-refractivity contribution is 5.18. The van der Waals surface area contributed by atoms with Gasteiger partial charge in [0.2, 0.25) is 0 Å². The lowest BCUT2D eigenvalue weighted by molar-refractivity contribution is -0.0624. The summed E-state index contributed by atoms with van der Waals surface area (Å²) in [5.74, 6) is -0.758. The molecule has 1 saturated heterocycles. The Labute approximate surface area is 124 Å². The minimum Gasteiger partial charge on any atom is -0.370 e. The molecule has 1 unspecified atom stereocenters. The second-order valence-electron chi connectivity index (χ2n) is 6.39. The van der Waals surface area contributed by atoms with Crippen LogP contribution < -0.4 is 5.32 Å². The lowest BCUT2D eigenvalue weighted by Crippen LogP contribution is -2.34. The minimum atomic E-state index is -0.397. The summed E-state index contributed by atoms with van der Waals surface area (Å²) < 4.78 is 32.9. The number of hydrogen-bond donors (Lipinski definition) is 1. The van der Waals surface area contributed by atoms with Crippen LogP contribution in [0.2, 0.25) is 0 Å². The van der Waals surface area contributed by atoms with Crippen molar-refractivity contribution in [2.75, 3.05) is 6.54 Å². The van der Waals surface area contributed by atoms with E-state index in [1.807, 2.05) is 0 Å². The molecule has 2 aliphatic rings. The maximum atomic E-state index is 13.5. The zero-order valence-electron chi connectivity index (χ0n) is 12.3. The Kier molecular flexibility index (Phi) is 4.55. The molecule has 3 rings (SSSR count). The predicted octanol–water partition coefficient (Wildman–Crippen LogP) is 3.94. The van der Waals surface area contributed by atoms with Gasteiger partial charge in [0.1, 0.15) is 11.6 Å². The van der Waals surface area contributed by atoms with Gasteiger partial charge in [-0.15, -0.1) is 0 Å². The summed E-state index contributed by atoms with van der Waals surface area (Å²) in [4.78, 5) is 0. The molecule has 2 fully saturated rings. The second kappa shape index (κ2) is 6.41. The highest BCUT2D eigenvalue weighted by atomic mass is 19.1. The van der Waals surface area contributed by atoms with Crippen LogP contribution in [0.3, 0.4) is 0 Å². The van der Waals surface area contributed by atoms with Crippen LogP contribution in [0.1, 0.15) is 50.5 Å². The largest absolute Gasteiger partial charge is 0.370 e. The van der Waals surface area contributed by atoms with Gasteiger partial charge in [0.05, 0.1) is 11.7 Å². The molecule has 1 aromatic rings. The average Bonchev–Trinajstić information content (AvgIpc) is 2.86. The Morgan fingerprint density at radius 2 is 1.95 bits per heavy atom. The van der Waals surface area contributed by atoms with Crippen LogP contribution >= 0.6 is 0 Å². The smallest absolute Gasteiger partial charge is 0.127 e. The van der Waals surface area contributed by atoms with Crippen LogP contribution in [0.4, 0.5) is 8.78 Å². The third-order valence-electron chi connectivity index (χ3n) is 4.80. The fourth-order valence-electron chi connectivity index (χ4n) is 3.65. The van der Waals surface area contributed by atoms with Crippen molar-refractivity contribution in [2.45, 2.75) is 63.2 Å². The van der Waals surface area contributed by atoms with Gasteiger partial charge < -0.3 is 10.1 Å². The van der Waals surface area contributed by atoms with Crippen molar-refractivity contribution in [1.82, 2.24) is 5.32 Å². The molecular formula is C17H23F2NO. The van der Waals surface area contributed by atoms with Crippen LogP contribution in [0.25, 0.3) is 0 Å². The van der Waals surface area contributed by atoms with Gasteiger partial charge in [-0.1, -0.05) is 19.3 Å². The molecule has 0 radical (unpaired) electrons. The third kappa shape index (κ3) is 3.61. The molecule has 4 heteroatoms. The minimum absolute atomic E-state index is 0.120. The van der Waals surface area contributed by atoms with Gasteiger partial charge in [0.15, 0.2) is 0 Å². The fraction of sp³-hybridized carbons (Fsp3) is 0.647. The monoisotopic (exact) mass is 295 g/mol. The molecule has 0 bridgehead atoms. The molecule has 1 atom stereocenters. The predicted molar refractivity (Wildman–Crippen MR) is 78.0 cm³/mol. The Morgan fingerprint density at radius 3 is 2.76 bits per heavy atom. The van der Waals surface area contributed by atoms with Crippen molar-refractivity contribution in [1.29, 1.82) is 0 Å². The summed E-state index contributed by atoms with van der Waals surface area (Å²) in [6.07, 6.45) is 8.66. The molecule has 0 amide bonds. The number of hydrogen-bond acceptors (Lipinski definition) is 2. The molecule has 1 saturated carbocycles. The first-order valence-electron chi connectivity index (χ1n) is 7.99. The normalized spacial score (nSPS) is 24.6. The van der Waals surface area contributed by atoms with E-state index >= 15 is 0 Å². The Balaban J connectivity index is 1.47. The van der Waals surface area contributed by atoms with Gasteiger partial charge in [-0.05, 0) is 43.9 Å². The van der Waals surface area contributed by atoms with E-state index in [9.17, 15) is 8.78 Å². The summed E-state index contributed by atoms with van der Waals surface area (Å²) in [5, 5.41) is 3.20. The molecule has 1 heterocycles. The van der Waals surface area contributed by atoms with Gasteiger partial charge in [0.25, 0.3) is 0 Å². The van der Waals surface area contributed by atoms with Crippen molar-refractivity contribution in [3.05, 3.63) is 35.4 Å². The first kappa shape index (κ1) is 14.9. The van der Waals surface area contributed by atoms with E-state index in [0.717, 1.165) is 18.9 Å². The van der Waals surface area contributed by atoms with Crippen LogP contribution in [0, 0.1) is 11.6 Å². The quantitative estimate of drug-likeness (QED) is 0.908. The summed E-state index contributed by atoms with van der Waals surface area (Å²) in [6, 6.07) is 3.57. The van der Waals surface area contributed by atoms with Gasteiger partial charge in [-0.2, -0.15) is 0 Å². The summed E-state index contributed by atoms with van der Waals surface area (Å²) in [5.41, 5.74) is 0.495. The third-order valence-corrected chi connectivity index (χ3v) is 4.80. The highest BCUT2D eigenvalue weighted by Crippen LogP contribution is 2.41. The van der Waals surface area contributed by atoms with Crippen molar-refractivity contribution in [2.24, 2.45) is 0 Å². The molecule has 1 aliphatic heterocycles. The van der Waals surface area contributed by atoms with Crippen LogP contribution in [0.15, 0.2) is 18.2 Å². The molecule has 1 N–H and O–H groups in total. The lowest BCUT2D eigenvalue weighted by atomic mass is 9.83. The van der Waals surface area contributed by atoms with E-state index in [0.29, 0.717) is 18.7 Å². The second-order valence-corrected chi connectivity index (χ2v) is 6.39. The lowest BCUT2D eigenvalue weighted by Gasteiger charge is -2.33. The molecule has 2 nitrogen and oxygen atoms in total. The van der Waals surface area contributed by atoms with Crippen LogP contribution in [-0.2, 0) is 11.3 Å². The zero-order chi connectivity index (χ0) is 14.7. The van der Waals surface area contributed by atoms with Gasteiger partial charge in [-0.3, -0.25) is 0 Å².